The summed E-state index contributed by atoms with van der Waals surface area (Å²) in [4.78, 5) is 16.8. The monoisotopic (exact) mass is 455 g/mol. The number of carbonyl (C=O) groups excluding carboxylic acids is 1. The van der Waals surface area contributed by atoms with E-state index < -0.39 is 0 Å². The van der Waals surface area contributed by atoms with E-state index in [9.17, 15) is 4.79 Å². The number of nitrogens with one attached hydrogen (secondary N) is 1. The third kappa shape index (κ3) is 4.10. The number of hydrogen-bond donors (Lipinski definition) is 1. The molecular formula is C27H25N3O2S. The maximum Gasteiger partial charge on any atom is 0.322 e. The number of methoxy groups -OCH3 is 1. The van der Waals surface area contributed by atoms with E-state index in [1.165, 1.54) is 0 Å². The Morgan fingerprint density at radius 2 is 1.82 bits per heavy atom. The number of urea groups is 1. The van der Waals surface area contributed by atoms with E-state index in [4.69, 9.17) is 4.74 Å². The van der Waals surface area contributed by atoms with Crippen molar-refractivity contribution in [2.45, 2.75) is 17.5 Å². The van der Waals surface area contributed by atoms with E-state index in [0.717, 1.165) is 38.8 Å². The summed E-state index contributed by atoms with van der Waals surface area (Å²) in [6, 6.07) is 27.8. The van der Waals surface area contributed by atoms with E-state index in [1.54, 1.807) is 18.9 Å². The third-order valence-electron chi connectivity index (χ3n) is 5.98. The molecule has 3 aromatic carbocycles. The molecule has 1 atom stereocenters. The second kappa shape index (κ2) is 9.08. The Morgan fingerprint density at radius 1 is 1.00 bits per heavy atom. The molecule has 1 aromatic heterocycles. The Labute approximate surface area is 198 Å². The maximum atomic E-state index is 13.7. The molecule has 0 saturated heterocycles. The summed E-state index contributed by atoms with van der Waals surface area (Å²) in [6.07, 6.45) is 4.09. The first-order valence-corrected chi connectivity index (χ1v) is 12.0. The van der Waals surface area contributed by atoms with Gasteiger partial charge in [-0.3, -0.25) is 0 Å². The average molecular weight is 456 g/mol. The Balaban J connectivity index is 1.60. The van der Waals surface area contributed by atoms with Gasteiger partial charge in [0.1, 0.15) is 5.75 Å². The number of para-hydroxylation sites is 1. The Kier molecular flexibility index (Phi) is 5.84. The van der Waals surface area contributed by atoms with E-state index in [0.29, 0.717) is 6.54 Å². The van der Waals surface area contributed by atoms with Gasteiger partial charge in [0.25, 0.3) is 0 Å². The first-order valence-electron chi connectivity index (χ1n) is 10.8. The van der Waals surface area contributed by atoms with E-state index in [-0.39, 0.29) is 12.1 Å². The fourth-order valence-electron chi connectivity index (χ4n) is 4.37. The number of anilines is 1. The number of thioether (sulfide) groups is 1. The summed E-state index contributed by atoms with van der Waals surface area (Å²) in [7, 11) is 1.66. The predicted octanol–water partition coefficient (Wildman–Crippen LogP) is 6.34. The molecule has 0 radical (unpaired) electrons. The van der Waals surface area contributed by atoms with Crippen molar-refractivity contribution in [3.8, 4) is 11.4 Å². The predicted molar refractivity (Wildman–Crippen MR) is 133 cm³/mol. The minimum absolute atomic E-state index is 0.140. The van der Waals surface area contributed by atoms with Crippen LogP contribution in [0.2, 0.25) is 0 Å². The molecule has 2 amide bonds. The zero-order chi connectivity index (χ0) is 22.8. The van der Waals surface area contributed by atoms with Crippen molar-refractivity contribution in [1.29, 1.82) is 0 Å². The maximum absolute atomic E-state index is 13.7. The van der Waals surface area contributed by atoms with Gasteiger partial charge in [-0.05, 0) is 65.9 Å². The molecule has 0 spiro atoms. The number of ether oxygens (including phenoxy) is 1. The summed E-state index contributed by atoms with van der Waals surface area (Å²) < 4.78 is 7.55. The van der Waals surface area contributed by atoms with Crippen LogP contribution in [0.15, 0.2) is 96.0 Å². The molecule has 33 heavy (non-hydrogen) atoms. The Morgan fingerprint density at radius 3 is 2.61 bits per heavy atom. The first-order chi connectivity index (χ1) is 16.2. The van der Waals surface area contributed by atoms with Gasteiger partial charge in [-0.25, -0.2) is 4.79 Å². The van der Waals surface area contributed by atoms with Crippen molar-refractivity contribution in [1.82, 2.24) is 9.47 Å². The number of rotatable bonds is 4. The summed E-state index contributed by atoms with van der Waals surface area (Å²) in [5.41, 5.74) is 5.04. The zero-order valence-corrected chi connectivity index (χ0v) is 19.4. The SMILES string of the molecule is COc1ccc([C@@H]2c3cccn3-c3ccccc3CN2C(=O)Nc2cccc(SC)c2)cc1. The summed E-state index contributed by atoms with van der Waals surface area (Å²) in [6.45, 7) is 0.489. The lowest BCUT2D eigenvalue weighted by Gasteiger charge is -2.31. The molecule has 5 nitrogen and oxygen atoms in total. The van der Waals surface area contributed by atoms with Crippen molar-refractivity contribution < 1.29 is 9.53 Å². The van der Waals surface area contributed by atoms with Crippen LogP contribution in [0.3, 0.4) is 0 Å². The molecule has 6 heteroatoms. The summed E-state index contributed by atoms with van der Waals surface area (Å²) in [5, 5.41) is 3.13. The molecule has 0 aliphatic carbocycles. The van der Waals surface area contributed by atoms with Crippen molar-refractivity contribution in [3.63, 3.8) is 0 Å². The molecular weight excluding hydrogens is 430 g/mol. The van der Waals surface area contributed by atoms with Crippen molar-refractivity contribution in [2.75, 3.05) is 18.7 Å². The van der Waals surface area contributed by atoms with Crippen LogP contribution in [0.1, 0.15) is 22.9 Å². The molecule has 0 bridgehead atoms. The fraction of sp³-hybridized carbons (Fsp3) is 0.148. The van der Waals surface area contributed by atoms with Gasteiger partial charge in [-0.2, -0.15) is 0 Å². The number of aromatic nitrogens is 1. The topological polar surface area (TPSA) is 46.5 Å². The van der Waals surface area contributed by atoms with Crippen LogP contribution >= 0.6 is 11.8 Å². The van der Waals surface area contributed by atoms with Gasteiger partial charge in [0.2, 0.25) is 0 Å². The highest BCUT2D eigenvalue weighted by atomic mass is 32.2. The minimum Gasteiger partial charge on any atom is -0.497 e. The summed E-state index contributed by atoms with van der Waals surface area (Å²) >= 11 is 1.65. The van der Waals surface area contributed by atoms with E-state index >= 15 is 0 Å². The van der Waals surface area contributed by atoms with Crippen LogP contribution in [0.4, 0.5) is 10.5 Å². The molecule has 1 aliphatic heterocycles. The molecule has 0 unspecified atom stereocenters. The molecule has 1 aliphatic rings. The van der Waals surface area contributed by atoms with E-state index in [2.05, 4.69) is 34.3 Å². The second-order valence-electron chi connectivity index (χ2n) is 7.90. The third-order valence-corrected chi connectivity index (χ3v) is 6.70. The van der Waals surface area contributed by atoms with Crippen molar-refractivity contribution >= 4 is 23.5 Å². The molecule has 166 valence electrons. The molecule has 0 saturated carbocycles. The van der Waals surface area contributed by atoms with Gasteiger partial charge in [0.05, 0.1) is 25.4 Å². The highest BCUT2D eigenvalue weighted by molar-refractivity contribution is 7.98. The van der Waals surface area contributed by atoms with Gasteiger partial charge in [-0.1, -0.05) is 36.4 Å². The lowest BCUT2D eigenvalue weighted by Crippen LogP contribution is -2.37. The molecule has 0 fully saturated rings. The quantitative estimate of drug-likeness (QED) is 0.365. The molecule has 4 aromatic rings. The number of nitrogens with zero attached hydrogens (tertiary/aromatic N) is 2. The number of hydrogen-bond acceptors (Lipinski definition) is 3. The fourth-order valence-corrected chi connectivity index (χ4v) is 4.83. The lowest BCUT2D eigenvalue weighted by atomic mass is 10.0. The van der Waals surface area contributed by atoms with Crippen LogP contribution in [0, 0.1) is 0 Å². The van der Waals surface area contributed by atoms with Gasteiger partial charge < -0.3 is 19.5 Å². The normalized spacial score (nSPS) is 14.7. The zero-order valence-electron chi connectivity index (χ0n) is 18.6. The average Bonchev–Trinajstić information content (AvgIpc) is 3.28. The standard InChI is InChI=1S/C27H25N3O2S/c1-32-22-14-12-19(13-15-22)26-25-11-6-16-29(25)24-10-4-3-7-20(24)18-30(26)27(31)28-21-8-5-9-23(17-21)33-2/h3-17,26H,18H2,1-2H3,(H,28,31)/t26-/m1/s1. The number of amides is 2. The summed E-state index contributed by atoms with van der Waals surface area (Å²) in [5.74, 6) is 0.788. The Hall–Kier alpha value is -3.64. The smallest absolute Gasteiger partial charge is 0.322 e. The highest BCUT2D eigenvalue weighted by Gasteiger charge is 2.33. The van der Waals surface area contributed by atoms with Crippen LogP contribution in [0.5, 0.6) is 5.75 Å². The van der Waals surface area contributed by atoms with Crippen LogP contribution < -0.4 is 10.1 Å². The molecule has 2 heterocycles. The largest absolute Gasteiger partial charge is 0.497 e. The van der Waals surface area contributed by atoms with Crippen LogP contribution in [-0.4, -0.2) is 28.9 Å². The van der Waals surface area contributed by atoms with E-state index in [1.807, 2.05) is 77.9 Å². The molecule has 5 rings (SSSR count). The molecule has 1 N–H and O–H groups in total. The lowest BCUT2D eigenvalue weighted by molar-refractivity contribution is 0.194. The van der Waals surface area contributed by atoms with Crippen molar-refractivity contribution in [3.05, 3.63) is 108 Å². The first kappa shape index (κ1) is 21.2. The van der Waals surface area contributed by atoms with Crippen molar-refractivity contribution in [2.24, 2.45) is 0 Å². The van der Waals surface area contributed by atoms with Gasteiger partial charge in [0.15, 0.2) is 0 Å². The number of carbonyl (C=O) groups is 1. The number of fused-ring (bicyclic) bond motifs is 3. The van der Waals surface area contributed by atoms with Crippen LogP contribution in [-0.2, 0) is 6.54 Å². The van der Waals surface area contributed by atoms with Gasteiger partial charge in [-0.15, -0.1) is 11.8 Å². The minimum atomic E-state index is -0.262. The number of benzene rings is 3. The van der Waals surface area contributed by atoms with Gasteiger partial charge in [0, 0.05) is 22.5 Å². The second-order valence-corrected chi connectivity index (χ2v) is 8.78. The highest BCUT2D eigenvalue weighted by Crippen LogP contribution is 2.37. The van der Waals surface area contributed by atoms with Crippen LogP contribution in [0.25, 0.3) is 5.69 Å². The van der Waals surface area contributed by atoms with Gasteiger partial charge >= 0.3 is 6.03 Å². The Bertz CT molecular complexity index is 1280.